The standard InChI is InChI=1S/C10H16ClNO3/c1-10(2,3)15-9(14)12-5-4-7(12)8(13)6-11/h7H,4-6H2,1-3H3/t7-/m0/s1. The summed E-state index contributed by atoms with van der Waals surface area (Å²) in [4.78, 5) is 24.3. The van der Waals surface area contributed by atoms with Crippen LogP contribution >= 0.6 is 11.6 Å². The molecule has 86 valence electrons. The molecule has 5 heteroatoms. The normalized spacial score (nSPS) is 20.8. The number of hydrogen-bond acceptors (Lipinski definition) is 3. The van der Waals surface area contributed by atoms with Crippen molar-refractivity contribution in [3.63, 3.8) is 0 Å². The van der Waals surface area contributed by atoms with Gasteiger partial charge in [0, 0.05) is 6.54 Å². The van der Waals surface area contributed by atoms with Crippen LogP contribution in [0.15, 0.2) is 0 Å². The van der Waals surface area contributed by atoms with Crippen LogP contribution in [0.3, 0.4) is 0 Å². The van der Waals surface area contributed by atoms with E-state index in [0.717, 1.165) is 0 Å². The fraction of sp³-hybridized carbons (Fsp3) is 0.800. The van der Waals surface area contributed by atoms with Gasteiger partial charge in [0.05, 0.1) is 11.9 Å². The molecule has 1 rings (SSSR count). The molecule has 1 fully saturated rings. The number of alkyl halides is 1. The van der Waals surface area contributed by atoms with Gasteiger partial charge >= 0.3 is 6.09 Å². The third kappa shape index (κ3) is 3.09. The van der Waals surface area contributed by atoms with Gasteiger partial charge in [0.15, 0.2) is 5.78 Å². The highest BCUT2D eigenvalue weighted by atomic mass is 35.5. The summed E-state index contributed by atoms with van der Waals surface area (Å²) in [6.07, 6.45) is 0.252. The van der Waals surface area contributed by atoms with Gasteiger partial charge in [0.1, 0.15) is 5.60 Å². The van der Waals surface area contributed by atoms with Gasteiger partial charge in [-0.2, -0.15) is 0 Å². The van der Waals surface area contributed by atoms with Crippen molar-refractivity contribution in [2.75, 3.05) is 12.4 Å². The molecule has 0 unspecified atom stereocenters. The van der Waals surface area contributed by atoms with E-state index >= 15 is 0 Å². The Bertz CT molecular complexity index is 272. The van der Waals surface area contributed by atoms with Gasteiger partial charge in [0.25, 0.3) is 0 Å². The summed E-state index contributed by atoms with van der Waals surface area (Å²) in [5.41, 5.74) is -0.527. The Labute approximate surface area is 94.5 Å². The summed E-state index contributed by atoms with van der Waals surface area (Å²) in [6.45, 7) is 5.96. The van der Waals surface area contributed by atoms with Crippen molar-refractivity contribution in [2.24, 2.45) is 0 Å². The van der Waals surface area contributed by atoms with E-state index < -0.39 is 11.7 Å². The number of amides is 1. The molecule has 1 atom stereocenters. The molecule has 1 saturated heterocycles. The Kier molecular flexibility index (Phi) is 3.60. The number of ketones is 1. The van der Waals surface area contributed by atoms with E-state index in [1.165, 1.54) is 4.90 Å². The minimum absolute atomic E-state index is 0.0516. The molecule has 0 aliphatic carbocycles. The van der Waals surface area contributed by atoms with E-state index in [4.69, 9.17) is 16.3 Å². The maximum Gasteiger partial charge on any atom is 0.410 e. The number of likely N-dealkylation sites (tertiary alicyclic amines) is 1. The maximum absolute atomic E-state index is 11.6. The van der Waals surface area contributed by atoms with E-state index in [1.54, 1.807) is 20.8 Å². The average Bonchev–Trinajstić information content (AvgIpc) is 1.97. The second kappa shape index (κ2) is 4.39. The van der Waals surface area contributed by atoms with Gasteiger partial charge in [-0.3, -0.25) is 9.69 Å². The number of nitrogens with zero attached hydrogens (tertiary/aromatic N) is 1. The fourth-order valence-corrected chi connectivity index (χ4v) is 1.53. The zero-order chi connectivity index (χ0) is 11.6. The van der Waals surface area contributed by atoms with Crippen molar-refractivity contribution in [2.45, 2.75) is 38.8 Å². The van der Waals surface area contributed by atoms with Gasteiger partial charge in [0.2, 0.25) is 0 Å². The summed E-state index contributed by atoms with van der Waals surface area (Å²) in [7, 11) is 0. The fourth-order valence-electron chi connectivity index (χ4n) is 1.35. The first-order chi connectivity index (χ1) is 6.85. The van der Waals surface area contributed by atoms with E-state index in [0.29, 0.717) is 13.0 Å². The Morgan fingerprint density at radius 2 is 2.07 bits per heavy atom. The van der Waals surface area contributed by atoms with Crippen LogP contribution in [0.25, 0.3) is 0 Å². The monoisotopic (exact) mass is 233 g/mol. The molecule has 0 spiro atoms. The molecule has 0 aromatic rings. The molecule has 0 saturated carbocycles. The molecular weight excluding hydrogens is 218 g/mol. The van der Waals surface area contributed by atoms with E-state index in [2.05, 4.69) is 0 Å². The number of rotatable bonds is 2. The van der Waals surface area contributed by atoms with Crippen molar-refractivity contribution >= 4 is 23.5 Å². The Balaban J connectivity index is 2.51. The van der Waals surface area contributed by atoms with Crippen molar-refractivity contribution in [3.05, 3.63) is 0 Å². The van der Waals surface area contributed by atoms with E-state index in [1.807, 2.05) is 0 Å². The van der Waals surface area contributed by atoms with Crippen LogP contribution in [0.4, 0.5) is 4.79 Å². The zero-order valence-electron chi connectivity index (χ0n) is 9.25. The molecule has 1 amide bonds. The highest BCUT2D eigenvalue weighted by Gasteiger charge is 2.38. The van der Waals surface area contributed by atoms with Gasteiger partial charge in [-0.05, 0) is 27.2 Å². The maximum atomic E-state index is 11.6. The first-order valence-electron chi connectivity index (χ1n) is 4.93. The second-order valence-corrected chi connectivity index (χ2v) is 4.85. The van der Waals surface area contributed by atoms with Gasteiger partial charge < -0.3 is 4.74 Å². The van der Waals surface area contributed by atoms with Crippen LogP contribution in [0.2, 0.25) is 0 Å². The predicted octanol–water partition coefficient (Wildman–Crippen LogP) is 1.80. The Hall–Kier alpha value is -0.770. The third-order valence-electron chi connectivity index (χ3n) is 2.15. The predicted molar refractivity (Wildman–Crippen MR) is 57.1 cm³/mol. The largest absolute Gasteiger partial charge is 0.444 e. The van der Waals surface area contributed by atoms with Crippen molar-refractivity contribution in [3.8, 4) is 0 Å². The minimum atomic E-state index is -0.527. The van der Waals surface area contributed by atoms with E-state index in [-0.39, 0.29) is 17.7 Å². The van der Waals surface area contributed by atoms with Gasteiger partial charge in [-0.1, -0.05) is 0 Å². The first-order valence-corrected chi connectivity index (χ1v) is 5.47. The molecule has 0 bridgehead atoms. The summed E-state index contributed by atoms with van der Waals surface area (Å²) in [5.74, 6) is -0.168. The SMILES string of the molecule is CC(C)(C)OC(=O)N1CC[C@H]1C(=O)CCl. The van der Waals surface area contributed by atoms with Crippen molar-refractivity contribution in [1.29, 1.82) is 0 Å². The Morgan fingerprint density at radius 1 is 1.47 bits per heavy atom. The molecule has 1 heterocycles. The van der Waals surface area contributed by atoms with Crippen LogP contribution in [0, 0.1) is 0 Å². The number of hydrogen-bond donors (Lipinski definition) is 0. The number of halogens is 1. The summed E-state index contributed by atoms with van der Waals surface area (Å²) < 4.78 is 5.16. The number of ether oxygens (including phenoxy) is 1. The zero-order valence-corrected chi connectivity index (χ0v) is 10.0. The lowest BCUT2D eigenvalue weighted by molar-refractivity contribution is -0.125. The minimum Gasteiger partial charge on any atom is -0.444 e. The van der Waals surface area contributed by atoms with Crippen LogP contribution in [-0.2, 0) is 9.53 Å². The lowest BCUT2D eigenvalue weighted by Crippen LogP contribution is -2.56. The lowest BCUT2D eigenvalue weighted by Gasteiger charge is -2.39. The van der Waals surface area contributed by atoms with Gasteiger partial charge in [-0.15, -0.1) is 11.6 Å². The van der Waals surface area contributed by atoms with Crippen LogP contribution in [0.1, 0.15) is 27.2 Å². The van der Waals surface area contributed by atoms with Crippen LogP contribution < -0.4 is 0 Å². The number of carbonyl (C=O) groups excluding carboxylic acids is 2. The molecule has 15 heavy (non-hydrogen) atoms. The molecule has 4 nitrogen and oxygen atoms in total. The third-order valence-corrected chi connectivity index (χ3v) is 2.41. The molecule has 1 aliphatic heterocycles. The number of Topliss-reactive ketones (excluding diaryl/α,β-unsaturated/α-hetero) is 1. The van der Waals surface area contributed by atoms with Crippen LogP contribution in [-0.4, -0.2) is 40.8 Å². The smallest absolute Gasteiger partial charge is 0.410 e. The highest BCUT2D eigenvalue weighted by molar-refractivity contribution is 6.28. The summed E-state index contributed by atoms with van der Waals surface area (Å²) >= 11 is 5.43. The average molecular weight is 234 g/mol. The molecular formula is C10H16ClNO3. The number of carbonyl (C=O) groups is 2. The van der Waals surface area contributed by atoms with E-state index in [9.17, 15) is 9.59 Å². The molecule has 1 aliphatic rings. The Morgan fingerprint density at radius 3 is 2.40 bits per heavy atom. The van der Waals surface area contributed by atoms with Crippen molar-refractivity contribution < 1.29 is 14.3 Å². The summed E-state index contributed by atoms with van der Waals surface area (Å²) in [5, 5.41) is 0. The van der Waals surface area contributed by atoms with Crippen LogP contribution in [0.5, 0.6) is 0 Å². The van der Waals surface area contributed by atoms with Crippen molar-refractivity contribution in [1.82, 2.24) is 4.90 Å². The highest BCUT2D eigenvalue weighted by Crippen LogP contribution is 2.22. The molecule has 0 aromatic heterocycles. The lowest BCUT2D eigenvalue weighted by atomic mass is 10.0. The first kappa shape index (κ1) is 12.3. The second-order valence-electron chi connectivity index (χ2n) is 4.58. The van der Waals surface area contributed by atoms with Gasteiger partial charge in [-0.25, -0.2) is 4.79 Å². The topological polar surface area (TPSA) is 46.6 Å². The molecule has 0 N–H and O–H groups in total. The quantitative estimate of drug-likeness (QED) is 0.684. The molecule has 0 aromatic carbocycles. The molecule has 0 radical (unpaired) electrons. The summed E-state index contributed by atoms with van der Waals surface area (Å²) in [6, 6.07) is -0.377.